The van der Waals surface area contributed by atoms with Gasteiger partial charge in [0.1, 0.15) is 11.4 Å². The minimum Gasteiger partial charge on any atom is -0.494 e. The number of hydrogen-bond donors (Lipinski definition) is 1. The molecule has 2 heterocycles. The summed E-state index contributed by atoms with van der Waals surface area (Å²) in [6.07, 6.45) is 1.94. The summed E-state index contributed by atoms with van der Waals surface area (Å²) < 4.78 is 13.0. The number of para-hydroxylation sites is 2. The van der Waals surface area contributed by atoms with Crippen LogP contribution in [0.15, 0.2) is 36.5 Å². The second kappa shape index (κ2) is 6.91. The van der Waals surface area contributed by atoms with Crippen molar-refractivity contribution in [3.8, 4) is 11.4 Å². The van der Waals surface area contributed by atoms with Crippen molar-refractivity contribution in [2.24, 2.45) is 5.73 Å². The Balaban J connectivity index is 1.80. The fourth-order valence-corrected chi connectivity index (χ4v) is 2.77. The van der Waals surface area contributed by atoms with Gasteiger partial charge in [0, 0.05) is 32.4 Å². The molecule has 0 aliphatic carbocycles. The zero-order valence-corrected chi connectivity index (χ0v) is 12.8. The van der Waals surface area contributed by atoms with Crippen LogP contribution in [0.2, 0.25) is 0 Å². The summed E-state index contributed by atoms with van der Waals surface area (Å²) in [5.74, 6) is 0.814. The van der Waals surface area contributed by atoms with E-state index in [4.69, 9.17) is 15.2 Å². The maximum Gasteiger partial charge on any atom is 0.144 e. The smallest absolute Gasteiger partial charge is 0.144 e. The van der Waals surface area contributed by atoms with Crippen LogP contribution in [0.5, 0.6) is 5.75 Å². The predicted molar refractivity (Wildman–Crippen MR) is 84.2 cm³/mol. The van der Waals surface area contributed by atoms with Gasteiger partial charge < -0.3 is 15.2 Å². The number of ether oxygens (including phenoxy) is 2. The average Bonchev–Trinajstić information content (AvgIpc) is 3.03. The number of benzene rings is 1. The summed E-state index contributed by atoms with van der Waals surface area (Å²) in [7, 11) is 1.68. The molecule has 1 aliphatic rings. The van der Waals surface area contributed by atoms with Crippen molar-refractivity contribution in [2.75, 3.05) is 33.4 Å². The lowest BCUT2D eigenvalue weighted by atomic mass is 10.2. The van der Waals surface area contributed by atoms with E-state index < -0.39 is 0 Å². The van der Waals surface area contributed by atoms with Crippen molar-refractivity contribution in [3.05, 3.63) is 42.2 Å². The molecule has 0 saturated carbocycles. The Bertz CT molecular complexity index is 614. The summed E-state index contributed by atoms with van der Waals surface area (Å²) >= 11 is 0. The quantitative estimate of drug-likeness (QED) is 0.894. The Morgan fingerprint density at radius 2 is 2.23 bits per heavy atom. The van der Waals surface area contributed by atoms with Crippen LogP contribution < -0.4 is 10.5 Å². The van der Waals surface area contributed by atoms with Crippen molar-refractivity contribution in [1.82, 2.24) is 14.7 Å². The molecule has 2 N–H and O–H groups in total. The van der Waals surface area contributed by atoms with Gasteiger partial charge in [-0.05, 0) is 18.2 Å². The van der Waals surface area contributed by atoms with Crippen LogP contribution >= 0.6 is 0 Å². The number of nitrogens with two attached hydrogens (primary N) is 1. The second-order valence-corrected chi connectivity index (χ2v) is 5.37. The van der Waals surface area contributed by atoms with E-state index >= 15 is 0 Å². The molecule has 1 aromatic carbocycles. The van der Waals surface area contributed by atoms with Gasteiger partial charge in [0.05, 0.1) is 25.5 Å². The van der Waals surface area contributed by atoms with Gasteiger partial charge in [-0.25, -0.2) is 4.68 Å². The molecular formula is C16H22N4O2. The average molecular weight is 302 g/mol. The zero-order chi connectivity index (χ0) is 15.4. The molecule has 1 saturated heterocycles. The standard InChI is InChI=1S/C16H22N4O2/c1-21-16-5-3-2-4-15(16)20-13(6-7-18-20)11-19-8-9-22-14(10-17)12-19/h2-7,14H,8-12,17H2,1H3. The highest BCUT2D eigenvalue weighted by Gasteiger charge is 2.21. The number of aromatic nitrogens is 2. The minimum atomic E-state index is 0.122. The fraction of sp³-hybridized carbons (Fsp3) is 0.438. The van der Waals surface area contributed by atoms with Gasteiger partial charge in [0.2, 0.25) is 0 Å². The summed E-state index contributed by atoms with van der Waals surface area (Å²) in [6.45, 7) is 3.87. The highest BCUT2D eigenvalue weighted by Crippen LogP contribution is 2.23. The van der Waals surface area contributed by atoms with Gasteiger partial charge in [0.15, 0.2) is 0 Å². The molecule has 0 amide bonds. The number of hydrogen-bond acceptors (Lipinski definition) is 5. The minimum absolute atomic E-state index is 0.122. The maximum absolute atomic E-state index is 5.71. The van der Waals surface area contributed by atoms with Crippen LogP contribution in [0.1, 0.15) is 5.69 Å². The van der Waals surface area contributed by atoms with Gasteiger partial charge >= 0.3 is 0 Å². The van der Waals surface area contributed by atoms with Crippen molar-refractivity contribution in [1.29, 1.82) is 0 Å². The number of methoxy groups -OCH3 is 1. The molecule has 2 aromatic rings. The molecular weight excluding hydrogens is 280 g/mol. The SMILES string of the molecule is COc1ccccc1-n1nccc1CN1CCOC(CN)C1. The van der Waals surface area contributed by atoms with E-state index in [0.29, 0.717) is 6.54 Å². The summed E-state index contributed by atoms with van der Waals surface area (Å²) in [6, 6.07) is 9.94. The predicted octanol–water partition coefficient (Wildman–Crippen LogP) is 1.04. The van der Waals surface area contributed by atoms with Crippen molar-refractivity contribution < 1.29 is 9.47 Å². The number of morpholine rings is 1. The Labute approximate surface area is 130 Å². The van der Waals surface area contributed by atoms with E-state index in [1.807, 2.05) is 41.2 Å². The topological polar surface area (TPSA) is 65.5 Å². The molecule has 6 nitrogen and oxygen atoms in total. The lowest BCUT2D eigenvalue weighted by Gasteiger charge is -2.32. The molecule has 1 atom stereocenters. The molecule has 0 spiro atoms. The number of rotatable bonds is 5. The Morgan fingerprint density at radius 3 is 3.05 bits per heavy atom. The lowest BCUT2D eigenvalue weighted by molar-refractivity contribution is -0.0266. The first-order valence-corrected chi connectivity index (χ1v) is 7.52. The van der Waals surface area contributed by atoms with Gasteiger partial charge in [-0.2, -0.15) is 5.10 Å². The van der Waals surface area contributed by atoms with E-state index in [1.165, 1.54) is 0 Å². The first-order chi connectivity index (χ1) is 10.8. The highest BCUT2D eigenvalue weighted by atomic mass is 16.5. The normalized spacial score (nSPS) is 19.3. The Hall–Kier alpha value is -1.89. The van der Waals surface area contributed by atoms with Crippen LogP contribution in [-0.4, -0.2) is 54.1 Å². The van der Waals surface area contributed by atoms with E-state index in [-0.39, 0.29) is 6.10 Å². The van der Waals surface area contributed by atoms with Crippen molar-refractivity contribution in [2.45, 2.75) is 12.6 Å². The second-order valence-electron chi connectivity index (χ2n) is 5.37. The van der Waals surface area contributed by atoms with Crippen LogP contribution in [0.25, 0.3) is 5.69 Å². The third-order valence-electron chi connectivity index (χ3n) is 3.91. The zero-order valence-electron chi connectivity index (χ0n) is 12.8. The Kier molecular flexibility index (Phi) is 4.72. The van der Waals surface area contributed by atoms with Gasteiger partial charge in [0.25, 0.3) is 0 Å². The third kappa shape index (κ3) is 3.14. The monoisotopic (exact) mass is 302 g/mol. The van der Waals surface area contributed by atoms with E-state index in [0.717, 1.165) is 43.4 Å². The summed E-state index contributed by atoms with van der Waals surface area (Å²) in [5.41, 5.74) is 7.79. The van der Waals surface area contributed by atoms with E-state index in [1.54, 1.807) is 7.11 Å². The van der Waals surface area contributed by atoms with Crippen molar-refractivity contribution in [3.63, 3.8) is 0 Å². The van der Waals surface area contributed by atoms with Crippen LogP contribution in [0.4, 0.5) is 0 Å². The maximum atomic E-state index is 5.71. The summed E-state index contributed by atoms with van der Waals surface area (Å²) in [4.78, 5) is 2.35. The van der Waals surface area contributed by atoms with Crippen LogP contribution in [-0.2, 0) is 11.3 Å². The number of nitrogens with zero attached hydrogens (tertiary/aromatic N) is 3. The highest BCUT2D eigenvalue weighted by molar-refractivity contribution is 5.46. The summed E-state index contributed by atoms with van der Waals surface area (Å²) in [5, 5.41) is 4.45. The Morgan fingerprint density at radius 1 is 1.36 bits per heavy atom. The molecule has 0 bridgehead atoms. The van der Waals surface area contributed by atoms with E-state index in [9.17, 15) is 0 Å². The van der Waals surface area contributed by atoms with Crippen LogP contribution in [0, 0.1) is 0 Å². The van der Waals surface area contributed by atoms with Gasteiger partial charge in [-0.1, -0.05) is 12.1 Å². The van der Waals surface area contributed by atoms with Gasteiger partial charge in [-0.15, -0.1) is 0 Å². The first-order valence-electron chi connectivity index (χ1n) is 7.52. The molecule has 1 aliphatic heterocycles. The molecule has 1 unspecified atom stereocenters. The molecule has 1 aromatic heterocycles. The molecule has 118 valence electrons. The molecule has 22 heavy (non-hydrogen) atoms. The van der Waals surface area contributed by atoms with Crippen molar-refractivity contribution >= 4 is 0 Å². The van der Waals surface area contributed by atoms with Gasteiger partial charge in [-0.3, -0.25) is 4.90 Å². The molecule has 3 rings (SSSR count). The third-order valence-corrected chi connectivity index (χ3v) is 3.91. The molecule has 1 fully saturated rings. The lowest BCUT2D eigenvalue weighted by Crippen LogP contribution is -2.45. The largest absolute Gasteiger partial charge is 0.494 e. The van der Waals surface area contributed by atoms with E-state index in [2.05, 4.69) is 10.00 Å². The first kappa shape index (κ1) is 15.0. The fourth-order valence-electron chi connectivity index (χ4n) is 2.77. The van der Waals surface area contributed by atoms with Crippen LogP contribution in [0.3, 0.4) is 0 Å². The molecule has 6 heteroatoms. The molecule has 0 radical (unpaired) electrons.